The maximum absolute atomic E-state index is 10.9. The average Bonchev–Trinajstić information content (AvgIpc) is 2.46. The van der Waals surface area contributed by atoms with Crippen LogP contribution >= 0.6 is 0 Å². The second kappa shape index (κ2) is 5.10. The molecule has 100 valence electrons. The normalized spacial score (nSPS) is 12.6. The van der Waals surface area contributed by atoms with E-state index in [-0.39, 0.29) is 0 Å². The molecule has 3 aromatic rings. The molecule has 0 aliphatic heterocycles. The molecule has 0 aromatic heterocycles. The van der Waals surface area contributed by atoms with Crippen molar-refractivity contribution < 1.29 is 5.11 Å². The maximum atomic E-state index is 10.9. The third kappa shape index (κ3) is 2.10. The molecular weight excluding hydrogens is 244 g/mol. The third-order valence-electron chi connectivity index (χ3n) is 3.93. The summed E-state index contributed by atoms with van der Waals surface area (Å²) in [6.45, 7) is 4.10. The molecule has 0 aliphatic carbocycles. The van der Waals surface area contributed by atoms with Crippen molar-refractivity contribution in [3.8, 4) is 0 Å². The second-order valence-corrected chi connectivity index (χ2v) is 5.28. The summed E-state index contributed by atoms with van der Waals surface area (Å²) in [6, 6.07) is 20.4. The number of rotatable bonds is 2. The zero-order chi connectivity index (χ0) is 14.1. The molecule has 20 heavy (non-hydrogen) atoms. The Morgan fingerprint density at radius 2 is 1.35 bits per heavy atom. The van der Waals surface area contributed by atoms with Gasteiger partial charge in [-0.3, -0.25) is 0 Å². The first-order chi connectivity index (χ1) is 9.68. The van der Waals surface area contributed by atoms with Crippen LogP contribution in [0.5, 0.6) is 0 Å². The highest BCUT2D eigenvalue weighted by molar-refractivity contribution is 5.86. The van der Waals surface area contributed by atoms with E-state index in [9.17, 15) is 5.11 Å². The number of hydrogen-bond donors (Lipinski definition) is 1. The van der Waals surface area contributed by atoms with Crippen LogP contribution in [0.25, 0.3) is 10.8 Å². The van der Waals surface area contributed by atoms with Crippen LogP contribution in [0.15, 0.2) is 60.7 Å². The van der Waals surface area contributed by atoms with Crippen LogP contribution in [-0.4, -0.2) is 5.11 Å². The lowest BCUT2D eigenvalue weighted by atomic mass is 9.91. The molecule has 1 atom stereocenters. The predicted octanol–water partition coefficient (Wildman–Crippen LogP) is 4.54. The summed E-state index contributed by atoms with van der Waals surface area (Å²) in [7, 11) is 0. The Bertz CT molecular complexity index is 733. The molecule has 0 aliphatic rings. The predicted molar refractivity (Wildman–Crippen MR) is 83.9 cm³/mol. The van der Waals surface area contributed by atoms with Crippen LogP contribution in [-0.2, 0) is 0 Å². The highest BCUT2D eigenvalue weighted by atomic mass is 16.3. The second-order valence-electron chi connectivity index (χ2n) is 5.28. The Kier molecular flexibility index (Phi) is 3.29. The highest BCUT2D eigenvalue weighted by Gasteiger charge is 2.17. The molecule has 0 radical (unpaired) electrons. The number of aliphatic hydroxyl groups excluding tert-OH is 1. The zero-order valence-corrected chi connectivity index (χ0v) is 11.8. The van der Waals surface area contributed by atoms with Crippen LogP contribution in [0, 0.1) is 13.8 Å². The van der Waals surface area contributed by atoms with E-state index in [1.165, 1.54) is 0 Å². The van der Waals surface area contributed by atoms with Crippen LogP contribution in [0.4, 0.5) is 0 Å². The van der Waals surface area contributed by atoms with Gasteiger partial charge in [0, 0.05) is 0 Å². The van der Waals surface area contributed by atoms with Gasteiger partial charge in [-0.25, -0.2) is 0 Å². The van der Waals surface area contributed by atoms with Crippen molar-refractivity contribution in [2.24, 2.45) is 0 Å². The van der Waals surface area contributed by atoms with E-state index in [0.29, 0.717) is 0 Å². The van der Waals surface area contributed by atoms with E-state index >= 15 is 0 Å². The molecule has 1 nitrogen and oxygen atoms in total. The molecule has 0 amide bonds. The van der Waals surface area contributed by atoms with Crippen LogP contribution in [0.1, 0.15) is 28.4 Å². The molecule has 1 heteroatoms. The van der Waals surface area contributed by atoms with Gasteiger partial charge in [-0.2, -0.15) is 0 Å². The number of hydrogen-bond acceptors (Lipinski definition) is 1. The van der Waals surface area contributed by atoms with Crippen molar-refractivity contribution in [3.63, 3.8) is 0 Å². The lowest BCUT2D eigenvalue weighted by Crippen LogP contribution is -2.05. The molecule has 0 heterocycles. The SMILES string of the molecule is Cc1cccc(C)c1C(O)c1cccc2ccccc12. The van der Waals surface area contributed by atoms with Gasteiger partial charge in [0.2, 0.25) is 0 Å². The molecular formula is C19H18O. The quantitative estimate of drug-likeness (QED) is 0.719. The van der Waals surface area contributed by atoms with E-state index in [4.69, 9.17) is 0 Å². The van der Waals surface area contributed by atoms with Gasteiger partial charge in [0.05, 0.1) is 0 Å². The van der Waals surface area contributed by atoms with E-state index < -0.39 is 6.10 Å². The van der Waals surface area contributed by atoms with Crippen molar-refractivity contribution in [2.75, 3.05) is 0 Å². The zero-order valence-electron chi connectivity index (χ0n) is 11.8. The lowest BCUT2D eigenvalue weighted by molar-refractivity contribution is 0.220. The fraction of sp³-hybridized carbons (Fsp3) is 0.158. The first-order valence-electron chi connectivity index (χ1n) is 6.90. The van der Waals surface area contributed by atoms with Crippen LogP contribution in [0.3, 0.4) is 0 Å². The van der Waals surface area contributed by atoms with E-state index in [2.05, 4.69) is 44.2 Å². The first-order valence-corrected chi connectivity index (χ1v) is 6.90. The van der Waals surface area contributed by atoms with Crippen molar-refractivity contribution in [1.29, 1.82) is 0 Å². The van der Waals surface area contributed by atoms with Crippen LogP contribution < -0.4 is 0 Å². The number of fused-ring (bicyclic) bond motifs is 1. The smallest absolute Gasteiger partial charge is 0.105 e. The standard InChI is InChI=1S/C19H18O/c1-13-7-5-8-14(2)18(13)19(20)17-12-6-10-15-9-3-4-11-16(15)17/h3-12,19-20H,1-2H3. The summed E-state index contributed by atoms with van der Waals surface area (Å²) in [5.41, 5.74) is 4.25. The Balaban J connectivity index is 2.21. The molecule has 0 fully saturated rings. The largest absolute Gasteiger partial charge is 0.384 e. The van der Waals surface area contributed by atoms with Crippen molar-refractivity contribution in [2.45, 2.75) is 20.0 Å². The van der Waals surface area contributed by atoms with E-state index in [1.807, 2.05) is 30.3 Å². The average molecular weight is 262 g/mol. The Hall–Kier alpha value is -2.12. The molecule has 3 rings (SSSR count). The van der Waals surface area contributed by atoms with Crippen molar-refractivity contribution in [3.05, 3.63) is 82.9 Å². The lowest BCUT2D eigenvalue weighted by Gasteiger charge is -2.18. The summed E-state index contributed by atoms with van der Waals surface area (Å²) in [5, 5.41) is 13.1. The highest BCUT2D eigenvalue weighted by Crippen LogP contribution is 2.32. The molecule has 0 bridgehead atoms. The summed E-state index contributed by atoms with van der Waals surface area (Å²) >= 11 is 0. The summed E-state index contributed by atoms with van der Waals surface area (Å²) < 4.78 is 0. The Labute approximate surface area is 119 Å². The van der Waals surface area contributed by atoms with Gasteiger partial charge in [0.25, 0.3) is 0 Å². The van der Waals surface area contributed by atoms with Gasteiger partial charge in [0.1, 0.15) is 6.10 Å². The molecule has 1 unspecified atom stereocenters. The van der Waals surface area contributed by atoms with Gasteiger partial charge in [0.15, 0.2) is 0 Å². The van der Waals surface area contributed by atoms with Gasteiger partial charge in [-0.15, -0.1) is 0 Å². The topological polar surface area (TPSA) is 20.2 Å². The van der Waals surface area contributed by atoms with Gasteiger partial charge in [-0.05, 0) is 46.9 Å². The summed E-state index contributed by atoms with van der Waals surface area (Å²) in [6.07, 6.45) is -0.581. The molecule has 0 spiro atoms. The minimum atomic E-state index is -0.581. The minimum Gasteiger partial charge on any atom is -0.384 e. The van der Waals surface area contributed by atoms with Gasteiger partial charge >= 0.3 is 0 Å². The Morgan fingerprint density at radius 3 is 2.10 bits per heavy atom. The minimum absolute atomic E-state index is 0.581. The number of aliphatic hydroxyl groups is 1. The summed E-state index contributed by atoms with van der Waals surface area (Å²) in [4.78, 5) is 0. The number of aryl methyl sites for hydroxylation is 2. The van der Waals surface area contributed by atoms with E-state index in [0.717, 1.165) is 33.0 Å². The maximum Gasteiger partial charge on any atom is 0.105 e. The first kappa shape index (κ1) is 12.9. The molecule has 0 saturated heterocycles. The van der Waals surface area contributed by atoms with Crippen molar-refractivity contribution in [1.82, 2.24) is 0 Å². The van der Waals surface area contributed by atoms with E-state index in [1.54, 1.807) is 0 Å². The van der Waals surface area contributed by atoms with Crippen LogP contribution in [0.2, 0.25) is 0 Å². The van der Waals surface area contributed by atoms with Gasteiger partial charge in [-0.1, -0.05) is 60.7 Å². The molecule has 1 N–H and O–H groups in total. The summed E-state index contributed by atoms with van der Waals surface area (Å²) in [5.74, 6) is 0. The fourth-order valence-corrected chi connectivity index (χ4v) is 2.90. The fourth-order valence-electron chi connectivity index (χ4n) is 2.90. The molecule has 0 saturated carbocycles. The number of benzene rings is 3. The third-order valence-corrected chi connectivity index (χ3v) is 3.93. The monoisotopic (exact) mass is 262 g/mol. The molecule has 3 aromatic carbocycles. The Morgan fingerprint density at radius 1 is 0.750 bits per heavy atom. The van der Waals surface area contributed by atoms with Gasteiger partial charge < -0.3 is 5.11 Å². The van der Waals surface area contributed by atoms with Crippen molar-refractivity contribution >= 4 is 10.8 Å².